The Labute approximate surface area is 104 Å². The van der Waals surface area contributed by atoms with Crippen molar-refractivity contribution in [1.82, 2.24) is 20.1 Å². The largest absolute Gasteiger partial charge is 0.312 e. The summed E-state index contributed by atoms with van der Waals surface area (Å²) in [6, 6.07) is 1.07. The fourth-order valence-electron chi connectivity index (χ4n) is 2.82. The maximum Gasteiger partial charge on any atom is 0.147 e. The molecule has 1 heterocycles. The highest BCUT2D eigenvalue weighted by molar-refractivity contribution is 4.95. The molecule has 4 nitrogen and oxygen atoms in total. The van der Waals surface area contributed by atoms with Gasteiger partial charge in [-0.25, -0.2) is 9.67 Å². The molecule has 1 aromatic heterocycles. The van der Waals surface area contributed by atoms with E-state index in [1.54, 1.807) is 0 Å². The summed E-state index contributed by atoms with van der Waals surface area (Å²) < 4.78 is 2.14. The fourth-order valence-corrected chi connectivity index (χ4v) is 2.82. The molecule has 1 aliphatic carbocycles. The van der Waals surface area contributed by atoms with Crippen molar-refractivity contribution < 1.29 is 0 Å². The van der Waals surface area contributed by atoms with Crippen LogP contribution in [0.2, 0.25) is 0 Å². The van der Waals surface area contributed by atoms with E-state index in [9.17, 15) is 0 Å². The predicted molar refractivity (Wildman–Crippen MR) is 69.1 cm³/mol. The predicted octanol–water partition coefficient (Wildman–Crippen LogP) is 2.38. The molecule has 1 aromatic rings. The normalized spacial score (nSPS) is 25.1. The molecule has 96 valence electrons. The van der Waals surface area contributed by atoms with Crippen molar-refractivity contribution in [1.29, 1.82) is 0 Å². The second kappa shape index (κ2) is 5.63. The third kappa shape index (κ3) is 2.86. The first-order chi connectivity index (χ1) is 8.22. The Balaban J connectivity index is 2.12. The number of aryl methyl sites for hydroxylation is 2. The van der Waals surface area contributed by atoms with Gasteiger partial charge in [-0.3, -0.25) is 0 Å². The van der Waals surface area contributed by atoms with E-state index >= 15 is 0 Å². The third-order valence-electron chi connectivity index (χ3n) is 3.61. The van der Waals surface area contributed by atoms with Crippen molar-refractivity contribution in [2.45, 2.75) is 65.0 Å². The summed E-state index contributed by atoms with van der Waals surface area (Å²) in [5, 5.41) is 8.23. The van der Waals surface area contributed by atoms with Crippen LogP contribution in [-0.2, 0) is 0 Å². The molecule has 1 fully saturated rings. The van der Waals surface area contributed by atoms with Gasteiger partial charge in [-0.05, 0) is 39.7 Å². The van der Waals surface area contributed by atoms with E-state index in [4.69, 9.17) is 0 Å². The Morgan fingerprint density at radius 3 is 2.71 bits per heavy atom. The molecule has 4 heteroatoms. The van der Waals surface area contributed by atoms with Gasteiger partial charge in [-0.1, -0.05) is 19.8 Å². The lowest BCUT2D eigenvalue weighted by Crippen LogP contribution is -2.40. The zero-order valence-corrected chi connectivity index (χ0v) is 11.2. The molecular weight excluding hydrogens is 212 g/mol. The van der Waals surface area contributed by atoms with Crippen LogP contribution in [0.4, 0.5) is 0 Å². The van der Waals surface area contributed by atoms with Crippen molar-refractivity contribution in [3.05, 3.63) is 11.6 Å². The summed E-state index contributed by atoms with van der Waals surface area (Å²) in [6.45, 7) is 7.36. The molecule has 0 radical (unpaired) electrons. The molecule has 1 aliphatic rings. The Morgan fingerprint density at radius 2 is 2.06 bits per heavy atom. The highest BCUT2D eigenvalue weighted by Crippen LogP contribution is 2.28. The maximum absolute atomic E-state index is 4.56. The number of aromatic nitrogens is 3. The lowest BCUT2D eigenvalue weighted by molar-refractivity contribution is 0.243. The number of rotatable bonds is 4. The van der Waals surface area contributed by atoms with Gasteiger partial charge < -0.3 is 5.32 Å². The van der Waals surface area contributed by atoms with E-state index in [0.29, 0.717) is 12.1 Å². The number of nitrogens with one attached hydrogen (secondary N) is 1. The summed E-state index contributed by atoms with van der Waals surface area (Å²) in [4.78, 5) is 4.43. The van der Waals surface area contributed by atoms with Gasteiger partial charge in [0.15, 0.2) is 0 Å². The number of hydrogen-bond donors (Lipinski definition) is 1. The van der Waals surface area contributed by atoms with Gasteiger partial charge in [-0.15, -0.1) is 0 Å². The van der Waals surface area contributed by atoms with E-state index in [1.807, 2.05) is 6.92 Å². The highest BCUT2D eigenvalue weighted by atomic mass is 15.4. The molecule has 0 aliphatic heterocycles. The van der Waals surface area contributed by atoms with Crippen LogP contribution >= 0.6 is 0 Å². The van der Waals surface area contributed by atoms with E-state index in [0.717, 1.165) is 18.2 Å². The smallest absolute Gasteiger partial charge is 0.147 e. The third-order valence-corrected chi connectivity index (χ3v) is 3.61. The van der Waals surface area contributed by atoms with Crippen molar-refractivity contribution in [3.8, 4) is 0 Å². The Kier molecular flexibility index (Phi) is 4.15. The molecule has 17 heavy (non-hydrogen) atoms. The zero-order chi connectivity index (χ0) is 12.3. The first-order valence-corrected chi connectivity index (χ1v) is 6.85. The van der Waals surface area contributed by atoms with Crippen LogP contribution in [0.25, 0.3) is 0 Å². The SMILES string of the molecule is CCCNC1CCCCC1n1nc(C)nc1C. The van der Waals surface area contributed by atoms with Crippen LogP contribution in [0, 0.1) is 13.8 Å². The average Bonchev–Trinajstić information content (AvgIpc) is 2.66. The van der Waals surface area contributed by atoms with E-state index in [2.05, 4.69) is 33.9 Å². The first-order valence-electron chi connectivity index (χ1n) is 6.85. The number of hydrogen-bond acceptors (Lipinski definition) is 3. The fraction of sp³-hybridized carbons (Fsp3) is 0.846. The van der Waals surface area contributed by atoms with Gasteiger partial charge >= 0.3 is 0 Å². The molecule has 1 saturated carbocycles. The van der Waals surface area contributed by atoms with Crippen molar-refractivity contribution in [2.24, 2.45) is 0 Å². The molecule has 2 atom stereocenters. The summed E-state index contributed by atoms with van der Waals surface area (Å²) in [6.07, 6.45) is 6.34. The van der Waals surface area contributed by atoms with Gasteiger partial charge in [0.05, 0.1) is 6.04 Å². The molecule has 0 bridgehead atoms. The van der Waals surface area contributed by atoms with Gasteiger partial charge in [0.1, 0.15) is 11.6 Å². The van der Waals surface area contributed by atoms with Crippen molar-refractivity contribution in [2.75, 3.05) is 6.54 Å². The Morgan fingerprint density at radius 1 is 1.29 bits per heavy atom. The lowest BCUT2D eigenvalue weighted by atomic mass is 9.90. The average molecular weight is 236 g/mol. The first kappa shape index (κ1) is 12.6. The molecule has 2 unspecified atom stereocenters. The zero-order valence-electron chi connectivity index (χ0n) is 11.2. The molecule has 1 N–H and O–H groups in total. The summed E-state index contributed by atoms with van der Waals surface area (Å²) in [5.41, 5.74) is 0. The lowest BCUT2D eigenvalue weighted by Gasteiger charge is -2.32. The minimum absolute atomic E-state index is 0.497. The molecule has 0 spiro atoms. The van der Waals surface area contributed by atoms with E-state index in [-0.39, 0.29) is 0 Å². The quantitative estimate of drug-likeness (QED) is 0.872. The molecule has 0 amide bonds. The van der Waals surface area contributed by atoms with Gasteiger partial charge in [-0.2, -0.15) is 5.10 Å². The van der Waals surface area contributed by atoms with Crippen LogP contribution in [-0.4, -0.2) is 27.4 Å². The molecule has 0 aromatic carbocycles. The van der Waals surface area contributed by atoms with E-state index < -0.39 is 0 Å². The van der Waals surface area contributed by atoms with Crippen LogP contribution in [0.1, 0.15) is 56.7 Å². The minimum Gasteiger partial charge on any atom is -0.312 e. The van der Waals surface area contributed by atoms with Crippen molar-refractivity contribution >= 4 is 0 Å². The Hall–Kier alpha value is -0.900. The van der Waals surface area contributed by atoms with Crippen LogP contribution in [0.3, 0.4) is 0 Å². The summed E-state index contributed by atoms with van der Waals surface area (Å²) >= 11 is 0. The summed E-state index contributed by atoms with van der Waals surface area (Å²) in [7, 11) is 0. The standard InChI is InChI=1S/C13H24N4/c1-4-9-14-12-7-5-6-8-13(12)17-11(3)15-10(2)16-17/h12-14H,4-9H2,1-3H3. The molecule has 2 rings (SSSR count). The van der Waals surface area contributed by atoms with Crippen LogP contribution < -0.4 is 5.32 Å². The van der Waals surface area contributed by atoms with Crippen LogP contribution in [0.15, 0.2) is 0 Å². The molecule has 0 saturated heterocycles. The van der Waals surface area contributed by atoms with Crippen molar-refractivity contribution in [3.63, 3.8) is 0 Å². The van der Waals surface area contributed by atoms with Gasteiger partial charge in [0.2, 0.25) is 0 Å². The topological polar surface area (TPSA) is 42.7 Å². The maximum atomic E-state index is 4.56. The Bertz CT molecular complexity index is 358. The second-order valence-corrected chi connectivity index (χ2v) is 5.06. The highest BCUT2D eigenvalue weighted by Gasteiger charge is 2.27. The number of nitrogens with zero attached hydrogens (tertiary/aromatic N) is 3. The molecular formula is C13H24N4. The minimum atomic E-state index is 0.497. The van der Waals surface area contributed by atoms with Crippen LogP contribution in [0.5, 0.6) is 0 Å². The van der Waals surface area contributed by atoms with Gasteiger partial charge in [0.25, 0.3) is 0 Å². The van der Waals surface area contributed by atoms with E-state index in [1.165, 1.54) is 32.1 Å². The second-order valence-electron chi connectivity index (χ2n) is 5.06. The summed E-state index contributed by atoms with van der Waals surface area (Å²) in [5.74, 6) is 1.94. The van der Waals surface area contributed by atoms with Gasteiger partial charge in [0, 0.05) is 6.04 Å². The monoisotopic (exact) mass is 236 g/mol.